The van der Waals surface area contributed by atoms with Gasteiger partial charge in [-0.3, -0.25) is 9.78 Å². The third kappa shape index (κ3) is 5.70. The molecule has 1 amide bonds. The number of carbonyl (C=O) groups excluding carboxylic acids is 1. The topological polar surface area (TPSA) is 141 Å². The number of alkyl halides is 2. The van der Waals surface area contributed by atoms with Gasteiger partial charge < -0.3 is 26.3 Å². The van der Waals surface area contributed by atoms with Gasteiger partial charge in [0.15, 0.2) is 11.5 Å². The third-order valence-corrected chi connectivity index (χ3v) is 6.88. The van der Waals surface area contributed by atoms with Crippen LogP contribution in [0, 0.1) is 0 Å². The Bertz CT molecular complexity index is 1510. The molecular formula is C27H29F2N9O. The molecule has 1 aliphatic heterocycles. The number of piperidine rings is 1. The van der Waals surface area contributed by atoms with Crippen molar-refractivity contribution in [1.82, 2.24) is 24.5 Å². The molecule has 5 N–H and O–H groups in total. The second-order valence-corrected chi connectivity index (χ2v) is 9.76. The number of nitrogen functional groups attached to an aromatic ring is 1. The van der Waals surface area contributed by atoms with Gasteiger partial charge in [0, 0.05) is 36.3 Å². The minimum Gasteiger partial charge on any atom is -0.382 e. The van der Waals surface area contributed by atoms with Gasteiger partial charge in [0.2, 0.25) is 12.3 Å². The number of amides is 1. The van der Waals surface area contributed by atoms with E-state index in [1.165, 1.54) is 12.4 Å². The summed E-state index contributed by atoms with van der Waals surface area (Å²) in [6, 6.07) is 9.25. The number of halogens is 2. The van der Waals surface area contributed by atoms with Crippen LogP contribution in [-0.4, -0.2) is 55.5 Å². The molecule has 1 saturated heterocycles. The number of rotatable bonds is 8. The van der Waals surface area contributed by atoms with Crippen LogP contribution in [0.5, 0.6) is 0 Å². The standard InChI is InChI=1S/C27H29F2N9O/c1-2-23(39)36-19-6-4-17(5-7-19)20-10-18(13-38-16-35-24-25(30)33-15-34-26(24)38)21(12-32-20)37-9-3-8-27(31,14-37)11-22(28)29/h2,4-7,10,12,15-16,22H,1,3,8-9,11,13-14,31H2,(H,36,39)(H2,30,33,34). The fraction of sp³-hybridized carbons (Fsp3) is 0.296. The van der Waals surface area contributed by atoms with E-state index in [4.69, 9.17) is 16.5 Å². The highest BCUT2D eigenvalue weighted by Crippen LogP contribution is 2.33. The minimum atomic E-state index is -2.48. The van der Waals surface area contributed by atoms with E-state index in [1.807, 2.05) is 27.7 Å². The van der Waals surface area contributed by atoms with Crippen molar-refractivity contribution in [3.8, 4) is 11.3 Å². The van der Waals surface area contributed by atoms with Gasteiger partial charge in [-0.15, -0.1) is 0 Å². The minimum absolute atomic E-state index is 0.286. The molecule has 0 aliphatic carbocycles. The molecule has 12 heteroatoms. The number of nitrogens with zero attached hydrogens (tertiary/aromatic N) is 6. The first kappa shape index (κ1) is 26.2. The number of carbonyl (C=O) groups is 1. The molecule has 39 heavy (non-hydrogen) atoms. The lowest BCUT2D eigenvalue weighted by Gasteiger charge is -2.42. The molecular weight excluding hydrogens is 504 g/mol. The van der Waals surface area contributed by atoms with Crippen LogP contribution in [-0.2, 0) is 11.3 Å². The van der Waals surface area contributed by atoms with Gasteiger partial charge in [-0.1, -0.05) is 18.7 Å². The number of aromatic nitrogens is 5. The number of nitrogens with one attached hydrogen (secondary N) is 1. The number of hydrogen-bond acceptors (Lipinski definition) is 8. The van der Waals surface area contributed by atoms with Crippen molar-refractivity contribution in [3.05, 3.63) is 67.4 Å². The van der Waals surface area contributed by atoms with Crippen molar-refractivity contribution in [2.75, 3.05) is 29.0 Å². The Kier molecular flexibility index (Phi) is 7.20. The van der Waals surface area contributed by atoms with Crippen LogP contribution < -0.4 is 21.7 Å². The zero-order valence-corrected chi connectivity index (χ0v) is 21.2. The Labute approximate surface area is 223 Å². The zero-order chi connectivity index (χ0) is 27.6. The molecule has 1 fully saturated rings. The van der Waals surface area contributed by atoms with Crippen LogP contribution in [0.1, 0.15) is 24.8 Å². The largest absolute Gasteiger partial charge is 0.382 e. The molecule has 0 spiro atoms. The Balaban J connectivity index is 1.52. The summed E-state index contributed by atoms with van der Waals surface area (Å²) in [4.78, 5) is 31.1. The predicted octanol–water partition coefficient (Wildman–Crippen LogP) is 3.60. The Morgan fingerprint density at radius 3 is 2.74 bits per heavy atom. The van der Waals surface area contributed by atoms with Crippen molar-refractivity contribution in [2.24, 2.45) is 5.73 Å². The summed E-state index contributed by atoms with van der Waals surface area (Å²) in [6.45, 7) is 4.82. The molecule has 1 aromatic carbocycles. The summed E-state index contributed by atoms with van der Waals surface area (Å²) < 4.78 is 28.5. The average molecular weight is 534 g/mol. The van der Waals surface area contributed by atoms with Crippen molar-refractivity contribution < 1.29 is 13.6 Å². The van der Waals surface area contributed by atoms with E-state index in [9.17, 15) is 13.6 Å². The Morgan fingerprint density at radius 2 is 2.00 bits per heavy atom. The van der Waals surface area contributed by atoms with Gasteiger partial charge in [-0.05, 0) is 42.7 Å². The lowest BCUT2D eigenvalue weighted by atomic mass is 9.86. The van der Waals surface area contributed by atoms with Gasteiger partial charge in [-0.2, -0.15) is 0 Å². The molecule has 0 saturated carbocycles. The van der Waals surface area contributed by atoms with Crippen LogP contribution in [0.15, 0.2) is 61.8 Å². The SMILES string of the molecule is C=CC(=O)Nc1ccc(-c2cc(Cn3cnc4c(N)ncnc43)c(N3CCCC(N)(CC(F)F)C3)cn2)cc1. The quantitative estimate of drug-likeness (QED) is 0.292. The average Bonchev–Trinajstić information content (AvgIpc) is 3.32. The van der Waals surface area contributed by atoms with Crippen LogP contribution in [0.4, 0.5) is 26.0 Å². The number of imidazole rings is 1. The molecule has 0 bridgehead atoms. The molecule has 1 unspecified atom stereocenters. The lowest BCUT2D eigenvalue weighted by molar-refractivity contribution is -0.111. The number of anilines is 3. The molecule has 3 aromatic heterocycles. The molecule has 10 nitrogen and oxygen atoms in total. The van der Waals surface area contributed by atoms with E-state index in [0.717, 1.165) is 16.8 Å². The number of nitrogens with two attached hydrogens (primary N) is 2. The third-order valence-electron chi connectivity index (χ3n) is 6.88. The number of fused-ring (bicyclic) bond motifs is 1. The first-order chi connectivity index (χ1) is 18.7. The maximum Gasteiger partial charge on any atom is 0.247 e. The highest BCUT2D eigenvalue weighted by atomic mass is 19.3. The van der Waals surface area contributed by atoms with E-state index in [2.05, 4.69) is 26.8 Å². The summed E-state index contributed by atoms with van der Waals surface area (Å²) in [5.74, 6) is -0.0113. The number of benzene rings is 1. The normalized spacial score (nSPS) is 17.5. The molecule has 4 heterocycles. The predicted molar refractivity (Wildman–Crippen MR) is 146 cm³/mol. The Hall–Kier alpha value is -4.45. The van der Waals surface area contributed by atoms with Crippen molar-refractivity contribution in [2.45, 2.75) is 37.8 Å². The second kappa shape index (κ2) is 10.7. The van der Waals surface area contributed by atoms with Gasteiger partial charge in [0.1, 0.15) is 11.8 Å². The number of hydrogen-bond donors (Lipinski definition) is 3. The van der Waals surface area contributed by atoms with E-state index >= 15 is 0 Å². The molecule has 4 aromatic rings. The fourth-order valence-corrected chi connectivity index (χ4v) is 5.01. The van der Waals surface area contributed by atoms with Gasteiger partial charge in [-0.25, -0.2) is 23.7 Å². The lowest BCUT2D eigenvalue weighted by Crippen LogP contribution is -2.55. The maximum atomic E-state index is 13.3. The van der Waals surface area contributed by atoms with Crippen molar-refractivity contribution in [1.29, 1.82) is 0 Å². The summed E-state index contributed by atoms with van der Waals surface area (Å²) in [6.07, 6.45) is 4.39. The van der Waals surface area contributed by atoms with Crippen LogP contribution in [0.3, 0.4) is 0 Å². The zero-order valence-electron chi connectivity index (χ0n) is 21.2. The second-order valence-electron chi connectivity index (χ2n) is 9.76. The van der Waals surface area contributed by atoms with E-state index in [1.54, 1.807) is 24.7 Å². The van der Waals surface area contributed by atoms with Gasteiger partial charge in [0.05, 0.1) is 30.5 Å². The Morgan fingerprint density at radius 1 is 1.21 bits per heavy atom. The number of pyridine rings is 1. The maximum absolute atomic E-state index is 13.3. The fourth-order valence-electron chi connectivity index (χ4n) is 5.01. The van der Waals surface area contributed by atoms with Gasteiger partial charge >= 0.3 is 0 Å². The highest BCUT2D eigenvalue weighted by Gasteiger charge is 2.35. The molecule has 202 valence electrons. The molecule has 0 radical (unpaired) electrons. The molecule has 1 atom stereocenters. The summed E-state index contributed by atoms with van der Waals surface area (Å²) >= 11 is 0. The van der Waals surface area contributed by atoms with Crippen LogP contribution in [0.25, 0.3) is 22.4 Å². The van der Waals surface area contributed by atoms with Crippen molar-refractivity contribution in [3.63, 3.8) is 0 Å². The van der Waals surface area contributed by atoms with E-state index < -0.39 is 12.0 Å². The van der Waals surface area contributed by atoms with Crippen LogP contribution in [0.2, 0.25) is 0 Å². The summed E-state index contributed by atoms with van der Waals surface area (Å²) in [7, 11) is 0. The monoisotopic (exact) mass is 533 g/mol. The summed E-state index contributed by atoms with van der Waals surface area (Å²) in [5, 5.41) is 2.72. The smallest absolute Gasteiger partial charge is 0.247 e. The summed E-state index contributed by atoms with van der Waals surface area (Å²) in [5.41, 5.74) is 16.4. The highest BCUT2D eigenvalue weighted by molar-refractivity contribution is 5.99. The van der Waals surface area contributed by atoms with Gasteiger partial charge in [0.25, 0.3) is 0 Å². The molecule has 1 aliphatic rings. The first-order valence-electron chi connectivity index (χ1n) is 12.5. The van der Waals surface area contributed by atoms with E-state index in [-0.39, 0.29) is 18.1 Å². The van der Waals surface area contributed by atoms with Crippen molar-refractivity contribution >= 4 is 34.3 Å². The molecule has 5 rings (SSSR count). The first-order valence-corrected chi connectivity index (χ1v) is 12.5. The van der Waals surface area contributed by atoms with Crippen LogP contribution >= 0.6 is 0 Å². The van der Waals surface area contributed by atoms with E-state index in [0.29, 0.717) is 55.0 Å².